The fourth-order valence-corrected chi connectivity index (χ4v) is 4.41. The van der Waals surface area contributed by atoms with Gasteiger partial charge >= 0.3 is 0 Å². The minimum Gasteiger partial charge on any atom is -0.494 e. The van der Waals surface area contributed by atoms with E-state index in [2.05, 4.69) is 13.8 Å². The second-order valence-corrected chi connectivity index (χ2v) is 10.5. The summed E-state index contributed by atoms with van der Waals surface area (Å²) in [5.74, 6) is 3.19. The molecule has 0 aliphatic carbocycles. The summed E-state index contributed by atoms with van der Waals surface area (Å²) in [6, 6.07) is 11.8. The molecule has 0 heterocycles. The average molecular weight is 492 g/mol. The Morgan fingerprint density at radius 2 is 1.53 bits per heavy atom. The first-order chi connectivity index (χ1) is 14.3. The lowest BCUT2D eigenvalue weighted by molar-refractivity contribution is 0.318. The predicted octanol–water partition coefficient (Wildman–Crippen LogP) is 6.86. The number of alkyl halides is 1. The van der Waals surface area contributed by atoms with Crippen molar-refractivity contribution in [1.82, 2.24) is 0 Å². The summed E-state index contributed by atoms with van der Waals surface area (Å²) in [5.41, 5.74) is 1.81. The van der Waals surface area contributed by atoms with Crippen LogP contribution in [0.15, 0.2) is 36.4 Å². The van der Waals surface area contributed by atoms with Gasteiger partial charge < -0.3 is 9.47 Å². The first-order valence-corrected chi connectivity index (χ1v) is 12.8. The molecule has 0 saturated heterocycles. The fraction of sp³-hybridized carbons (Fsp3) is 0.478. The minimum atomic E-state index is -0.746. The number of ether oxygens (including phenoxy) is 2. The Morgan fingerprint density at radius 1 is 0.933 bits per heavy atom. The van der Waals surface area contributed by atoms with E-state index in [0.29, 0.717) is 46.4 Å². The highest BCUT2D eigenvalue weighted by Gasteiger charge is 2.25. The molecule has 3 nitrogen and oxygen atoms in total. The highest BCUT2D eigenvalue weighted by molar-refractivity contribution is 7.84. The van der Waals surface area contributed by atoms with Crippen molar-refractivity contribution in [3.05, 3.63) is 57.6 Å². The fourth-order valence-electron chi connectivity index (χ4n) is 2.98. The van der Waals surface area contributed by atoms with Crippen LogP contribution in [0.1, 0.15) is 44.7 Å². The van der Waals surface area contributed by atoms with Crippen LogP contribution in [0.5, 0.6) is 11.5 Å². The van der Waals surface area contributed by atoms with Crippen LogP contribution < -0.4 is 9.47 Å². The molecular weight excluding hydrogens is 463 g/mol. The molecule has 1 atom stereocenters. The zero-order valence-electron chi connectivity index (χ0n) is 17.7. The van der Waals surface area contributed by atoms with Crippen LogP contribution >= 0.6 is 34.8 Å². The monoisotopic (exact) mass is 490 g/mol. The molecule has 0 amide bonds. The maximum Gasteiger partial charge on any atom is 0.156 e. The van der Waals surface area contributed by atoms with Gasteiger partial charge in [0.15, 0.2) is 5.75 Å². The maximum absolute atomic E-state index is 11.5. The van der Waals surface area contributed by atoms with Gasteiger partial charge in [-0.05, 0) is 48.2 Å². The summed E-state index contributed by atoms with van der Waals surface area (Å²) in [4.78, 5) is 0. The molecule has 30 heavy (non-hydrogen) atoms. The topological polar surface area (TPSA) is 35.5 Å². The van der Waals surface area contributed by atoms with Crippen LogP contribution in [0.3, 0.4) is 0 Å². The highest BCUT2D eigenvalue weighted by atomic mass is 35.5. The van der Waals surface area contributed by atoms with E-state index in [0.717, 1.165) is 29.7 Å². The third kappa shape index (κ3) is 7.05. The average Bonchev–Trinajstić information content (AvgIpc) is 2.73. The van der Waals surface area contributed by atoms with E-state index in [-0.39, 0.29) is 5.41 Å². The lowest BCUT2D eigenvalue weighted by Gasteiger charge is -2.27. The third-order valence-electron chi connectivity index (χ3n) is 4.93. The van der Waals surface area contributed by atoms with Crippen LogP contribution in [0.4, 0.5) is 0 Å². The molecule has 166 valence electrons. The molecule has 0 bridgehead atoms. The largest absolute Gasteiger partial charge is 0.494 e. The number of halogens is 3. The molecule has 0 fully saturated rings. The summed E-state index contributed by atoms with van der Waals surface area (Å²) in [6.07, 6.45) is 1.51. The van der Waals surface area contributed by atoms with E-state index in [4.69, 9.17) is 44.3 Å². The highest BCUT2D eigenvalue weighted by Crippen LogP contribution is 2.40. The van der Waals surface area contributed by atoms with Gasteiger partial charge in [-0.1, -0.05) is 56.1 Å². The normalized spacial score (nSPS) is 12.6. The van der Waals surface area contributed by atoms with Gasteiger partial charge in [-0.3, -0.25) is 4.21 Å². The van der Waals surface area contributed by atoms with E-state index in [1.807, 2.05) is 43.3 Å². The molecule has 0 aromatic heterocycles. The molecule has 2 aromatic rings. The summed E-state index contributed by atoms with van der Waals surface area (Å²) in [5, 5.41) is 0.981. The van der Waals surface area contributed by atoms with Gasteiger partial charge in [0.25, 0.3) is 0 Å². The second-order valence-electron chi connectivity index (χ2n) is 7.44. The first kappa shape index (κ1) is 25.3. The molecule has 0 saturated carbocycles. The van der Waals surface area contributed by atoms with Gasteiger partial charge in [0.05, 0.1) is 23.3 Å². The van der Waals surface area contributed by atoms with Crippen LogP contribution in [0.2, 0.25) is 10.0 Å². The SMILES string of the molecule is CCS(=O)CCCOc1ccc(C(C)(C)c2cc(Cl)c(OCCCCl)c(Cl)c2)cc1. The quantitative estimate of drug-likeness (QED) is 0.240. The molecule has 0 radical (unpaired) electrons. The Hall–Kier alpha value is -0.940. The maximum atomic E-state index is 11.5. The molecule has 2 aromatic carbocycles. The Labute approximate surface area is 197 Å². The van der Waals surface area contributed by atoms with Crippen LogP contribution in [-0.4, -0.2) is 34.8 Å². The van der Waals surface area contributed by atoms with Gasteiger partial charge in [-0.15, -0.1) is 11.6 Å². The molecular formula is C23H29Cl3O3S. The van der Waals surface area contributed by atoms with Crippen LogP contribution in [0.25, 0.3) is 0 Å². The van der Waals surface area contributed by atoms with Crippen molar-refractivity contribution in [2.45, 2.75) is 39.0 Å². The number of benzene rings is 2. The van der Waals surface area contributed by atoms with Gasteiger partial charge in [-0.2, -0.15) is 0 Å². The molecule has 0 aliphatic heterocycles. The van der Waals surface area contributed by atoms with Gasteiger partial charge in [0.1, 0.15) is 5.75 Å². The lowest BCUT2D eigenvalue weighted by Crippen LogP contribution is -2.19. The summed E-state index contributed by atoms with van der Waals surface area (Å²) in [7, 11) is -0.746. The molecule has 7 heteroatoms. The summed E-state index contributed by atoms with van der Waals surface area (Å²) < 4.78 is 22.9. The standard InChI is InChI=1S/C23H29Cl3O3S/c1-4-30(27)14-6-13-28-19-9-7-17(8-10-19)23(2,3)18-15-20(25)22(21(26)16-18)29-12-5-11-24/h7-10,15-16H,4-6,11-14H2,1-3H3. The molecule has 2 rings (SSSR count). The zero-order valence-corrected chi connectivity index (χ0v) is 20.8. The van der Waals surface area contributed by atoms with E-state index in [1.54, 1.807) is 0 Å². The molecule has 1 unspecified atom stereocenters. The predicted molar refractivity (Wildman–Crippen MR) is 130 cm³/mol. The van der Waals surface area contributed by atoms with E-state index < -0.39 is 10.8 Å². The Balaban J connectivity index is 2.08. The van der Waals surface area contributed by atoms with Crippen molar-refractivity contribution in [1.29, 1.82) is 0 Å². The van der Waals surface area contributed by atoms with Crippen molar-refractivity contribution in [3.8, 4) is 11.5 Å². The van der Waals surface area contributed by atoms with Crippen molar-refractivity contribution >= 4 is 45.6 Å². The van der Waals surface area contributed by atoms with Crippen LogP contribution in [-0.2, 0) is 16.2 Å². The lowest BCUT2D eigenvalue weighted by atomic mass is 9.78. The molecule has 0 aliphatic rings. The molecule has 0 spiro atoms. The molecule has 0 N–H and O–H groups in total. The van der Waals surface area contributed by atoms with E-state index in [1.165, 1.54) is 0 Å². The summed E-state index contributed by atoms with van der Waals surface area (Å²) >= 11 is 18.6. The van der Waals surface area contributed by atoms with Crippen molar-refractivity contribution < 1.29 is 13.7 Å². The van der Waals surface area contributed by atoms with Gasteiger partial charge in [0, 0.05) is 33.6 Å². The van der Waals surface area contributed by atoms with Crippen molar-refractivity contribution in [3.63, 3.8) is 0 Å². The van der Waals surface area contributed by atoms with Crippen molar-refractivity contribution in [2.75, 3.05) is 30.6 Å². The third-order valence-corrected chi connectivity index (χ3v) is 7.14. The Kier molecular flexibility index (Phi) is 10.3. The van der Waals surface area contributed by atoms with Gasteiger partial charge in [-0.25, -0.2) is 0 Å². The number of hydrogen-bond acceptors (Lipinski definition) is 3. The summed E-state index contributed by atoms with van der Waals surface area (Å²) in [6.45, 7) is 7.21. The minimum absolute atomic E-state index is 0.307. The van der Waals surface area contributed by atoms with E-state index in [9.17, 15) is 4.21 Å². The van der Waals surface area contributed by atoms with E-state index >= 15 is 0 Å². The number of hydrogen-bond donors (Lipinski definition) is 0. The Morgan fingerprint density at radius 3 is 2.10 bits per heavy atom. The smallest absolute Gasteiger partial charge is 0.156 e. The van der Waals surface area contributed by atoms with Gasteiger partial charge in [0.2, 0.25) is 0 Å². The first-order valence-electron chi connectivity index (χ1n) is 10.1. The van der Waals surface area contributed by atoms with Crippen molar-refractivity contribution in [2.24, 2.45) is 0 Å². The number of rotatable bonds is 12. The van der Waals surface area contributed by atoms with Crippen LogP contribution in [0, 0.1) is 0 Å². The Bertz CT molecular complexity index is 815. The zero-order chi connectivity index (χ0) is 22.1. The second kappa shape index (κ2) is 12.2.